The molecule has 0 aliphatic rings. The van der Waals surface area contributed by atoms with Gasteiger partial charge in [0, 0.05) is 6.42 Å². The van der Waals surface area contributed by atoms with E-state index in [0.29, 0.717) is 6.42 Å². The molecule has 0 bridgehead atoms. The van der Waals surface area contributed by atoms with Crippen molar-refractivity contribution >= 4 is 11.8 Å². The van der Waals surface area contributed by atoms with Gasteiger partial charge in [-0.25, -0.2) is 0 Å². The number of Topliss-reactive ketones (excluding diaryl/α,β-unsaturated/α-hetero) is 1. The highest BCUT2D eigenvalue weighted by Gasteiger charge is 2.02. The number of carboxylic acid groups (broad SMARTS) is 1. The Hall–Kier alpha value is -0.860. The lowest BCUT2D eigenvalue weighted by molar-refractivity contribution is -0.140. The molecule has 0 rings (SSSR count). The number of rotatable bonds is 3. The molecule has 0 radical (unpaired) electrons. The van der Waals surface area contributed by atoms with Gasteiger partial charge in [-0.3, -0.25) is 9.59 Å². The summed E-state index contributed by atoms with van der Waals surface area (Å²) in [6.07, 6.45) is -0.0250. The van der Waals surface area contributed by atoms with Crippen LogP contribution in [0.3, 0.4) is 0 Å². The summed E-state index contributed by atoms with van der Waals surface area (Å²) in [6.45, 7) is 1.64. The highest BCUT2D eigenvalue weighted by Crippen LogP contribution is 1.86. The van der Waals surface area contributed by atoms with Crippen molar-refractivity contribution in [3.05, 3.63) is 0 Å². The van der Waals surface area contributed by atoms with Crippen molar-refractivity contribution in [2.45, 2.75) is 27.2 Å². The fourth-order valence-corrected chi connectivity index (χ4v) is 0.294. The summed E-state index contributed by atoms with van der Waals surface area (Å²) in [5, 5.41) is 7.99. The second-order valence-corrected chi connectivity index (χ2v) is 1.46. The average molecular weight is 132 g/mol. The van der Waals surface area contributed by atoms with Gasteiger partial charge in [-0.1, -0.05) is 14.4 Å². The lowest BCUT2D eigenvalue weighted by Gasteiger charge is -1.86. The van der Waals surface area contributed by atoms with Crippen LogP contribution in [0.2, 0.25) is 0 Å². The molecule has 0 spiro atoms. The quantitative estimate of drug-likeness (QED) is 0.584. The molecule has 3 nitrogen and oxygen atoms in total. The molecule has 0 aromatic heterocycles. The number of aliphatic carboxylic acids is 1. The van der Waals surface area contributed by atoms with E-state index in [1.807, 2.05) is 0 Å². The molecule has 0 unspecified atom stereocenters. The van der Waals surface area contributed by atoms with Gasteiger partial charge < -0.3 is 5.11 Å². The fraction of sp³-hybridized carbons (Fsp3) is 0.667. The van der Waals surface area contributed by atoms with Gasteiger partial charge in [-0.15, -0.1) is 0 Å². The van der Waals surface area contributed by atoms with E-state index in [9.17, 15) is 9.59 Å². The fourth-order valence-electron chi connectivity index (χ4n) is 0.294. The lowest BCUT2D eigenvalue weighted by atomic mass is 10.2. The summed E-state index contributed by atoms with van der Waals surface area (Å²) in [5.41, 5.74) is 0. The van der Waals surface area contributed by atoms with Crippen molar-refractivity contribution in [2.75, 3.05) is 0 Å². The zero-order chi connectivity index (χ0) is 6.57. The smallest absolute Gasteiger partial charge is 0.310 e. The molecular weight excluding hydrogens is 120 g/mol. The predicted molar refractivity (Wildman–Crippen MR) is 34.3 cm³/mol. The normalized spacial score (nSPS) is 7.67. The zero-order valence-corrected chi connectivity index (χ0v) is 4.68. The molecule has 0 aromatic carbocycles. The summed E-state index contributed by atoms with van der Waals surface area (Å²) in [4.78, 5) is 20.0. The first kappa shape index (κ1) is 11.0. The molecule has 0 aromatic rings. The molecule has 3 heteroatoms. The SMILES string of the molecule is C.CCC(=O)CC(=O)O. The Morgan fingerprint density at radius 3 is 2.00 bits per heavy atom. The number of ketones is 1. The molecule has 0 aliphatic carbocycles. The number of hydrogen-bond donors (Lipinski definition) is 1. The van der Waals surface area contributed by atoms with Crippen LogP contribution >= 0.6 is 0 Å². The van der Waals surface area contributed by atoms with Crippen molar-refractivity contribution in [2.24, 2.45) is 0 Å². The Balaban J connectivity index is 0. The van der Waals surface area contributed by atoms with Gasteiger partial charge in [0.25, 0.3) is 0 Å². The van der Waals surface area contributed by atoms with E-state index < -0.39 is 5.97 Å². The van der Waals surface area contributed by atoms with Crippen LogP contribution in [0.1, 0.15) is 27.2 Å². The highest BCUT2D eigenvalue weighted by atomic mass is 16.4. The number of carbonyl (C=O) groups excluding carboxylic acids is 1. The molecular formula is C6H12O3. The standard InChI is InChI=1S/C5H8O3.CH4/c1-2-4(6)3-5(7)8;/h2-3H2,1H3,(H,7,8);1H4. The first-order valence-corrected chi connectivity index (χ1v) is 2.40. The predicted octanol–water partition coefficient (Wildman–Crippen LogP) is 1.08. The molecule has 9 heavy (non-hydrogen) atoms. The third-order valence-corrected chi connectivity index (χ3v) is 0.743. The van der Waals surface area contributed by atoms with Crippen molar-refractivity contribution < 1.29 is 14.7 Å². The monoisotopic (exact) mass is 132 g/mol. The number of carboxylic acids is 1. The van der Waals surface area contributed by atoms with Gasteiger partial charge in [0.15, 0.2) is 0 Å². The third-order valence-electron chi connectivity index (χ3n) is 0.743. The molecule has 0 heterocycles. The minimum atomic E-state index is -1.04. The van der Waals surface area contributed by atoms with E-state index in [1.54, 1.807) is 6.92 Å². The van der Waals surface area contributed by atoms with Crippen LogP contribution in [0.25, 0.3) is 0 Å². The third kappa shape index (κ3) is 7.14. The Kier molecular flexibility index (Phi) is 6.46. The zero-order valence-electron chi connectivity index (χ0n) is 4.68. The van der Waals surface area contributed by atoms with Gasteiger partial charge >= 0.3 is 5.97 Å². The Labute approximate surface area is 54.7 Å². The summed E-state index contributed by atoms with van der Waals surface area (Å²) in [5.74, 6) is -1.27. The second kappa shape index (κ2) is 5.28. The molecule has 54 valence electrons. The van der Waals surface area contributed by atoms with Crippen LogP contribution in [0.5, 0.6) is 0 Å². The summed E-state index contributed by atoms with van der Waals surface area (Å²) < 4.78 is 0. The minimum Gasteiger partial charge on any atom is -0.481 e. The molecule has 0 fully saturated rings. The van der Waals surface area contributed by atoms with Crippen molar-refractivity contribution in [3.63, 3.8) is 0 Å². The van der Waals surface area contributed by atoms with Gasteiger partial charge in [0.2, 0.25) is 0 Å². The van der Waals surface area contributed by atoms with Crippen molar-refractivity contribution in [3.8, 4) is 0 Å². The Bertz CT molecular complexity index is 107. The molecule has 0 amide bonds. The Morgan fingerprint density at radius 2 is 1.89 bits per heavy atom. The molecule has 0 aliphatic heterocycles. The largest absolute Gasteiger partial charge is 0.481 e. The van der Waals surface area contributed by atoms with Crippen LogP contribution in [-0.2, 0) is 9.59 Å². The number of carbonyl (C=O) groups is 2. The molecule has 1 N–H and O–H groups in total. The van der Waals surface area contributed by atoms with Crippen molar-refractivity contribution in [1.82, 2.24) is 0 Å². The van der Waals surface area contributed by atoms with Gasteiger partial charge in [-0.2, -0.15) is 0 Å². The van der Waals surface area contributed by atoms with E-state index in [1.165, 1.54) is 0 Å². The van der Waals surface area contributed by atoms with Gasteiger partial charge in [0.05, 0.1) is 0 Å². The summed E-state index contributed by atoms with van der Waals surface area (Å²) >= 11 is 0. The molecule has 0 atom stereocenters. The van der Waals surface area contributed by atoms with E-state index in [2.05, 4.69) is 0 Å². The average Bonchev–Trinajstić information content (AvgIpc) is 1.65. The maximum absolute atomic E-state index is 10.2. The van der Waals surface area contributed by atoms with Crippen LogP contribution < -0.4 is 0 Å². The van der Waals surface area contributed by atoms with Gasteiger partial charge in [-0.05, 0) is 0 Å². The van der Waals surface area contributed by atoms with E-state index in [-0.39, 0.29) is 19.6 Å². The van der Waals surface area contributed by atoms with Crippen molar-refractivity contribution in [1.29, 1.82) is 0 Å². The van der Waals surface area contributed by atoms with Crippen LogP contribution in [0, 0.1) is 0 Å². The molecule has 0 saturated carbocycles. The first-order chi connectivity index (χ1) is 3.66. The second-order valence-electron chi connectivity index (χ2n) is 1.46. The summed E-state index contributed by atoms with van der Waals surface area (Å²) in [6, 6.07) is 0. The van der Waals surface area contributed by atoms with E-state index in [4.69, 9.17) is 5.11 Å². The Morgan fingerprint density at radius 1 is 1.44 bits per heavy atom. The maximum atomic E-state index is 10.2. The maximum Gasteiger partial charge on any atom is 0.310 e. The number of hydrogen-bond acceptors (Lipinski definition) is 2. The van der Waals surface area contributed by atoms with Gasteiger partial charge in [0.1, 0.15) is 12.2 Å². The topological polar surface area (TPSA) is 54.4 Å². The van der Waals surface area contributed by atoms with E-state index >= 15 is 0 Å². The van der Waals surface area contributed by atoms with Crippen LogP contribution in [0.4, 0.5) is 0 Å². The first-order valence-electron chi connectivity index (χ1n) is 2.40. The van der Waals surface area contributed by atoms with Crippen LogP contribution in [-0.4, -0.2) is 16.9 Å². The highest BCUT2D eigenvalue weighted by molar-refractivity contribution is 5.94. The molecule has 0 saturated heterocycles. The minimum absolute atomic E-state index is 0. The lowest BCUT2D eigenvalue weighted by Crippen LogP contribution is -2.04. The van der Waals surface area contributed by atoms with E-state index in [0.717, 1.165) is 0 Å². The summed E-state index contributed by atoms with van der Waals surface area (Å²) in [7, 11) is 0. The van der Waals surface area contributed by atoms with Crippen LogP contribution in [0.15, 0.2) is 0 Å².